The van der Waals surface area contributed by atoms with E-state index in [1.807, 2.05) is 0 Å². The van der Waals surface area contributed by atoms with Crippen molar-refractivity contribution in [2.24, 2.45) is 0 Å². The van der Waals surface area contributed by atoms with E-state index < -0.39 is 11.7 Å². The van der Waals surface area contributed by atoms with Crippen LogP contribution in [0.2, 0.25) is 0 Å². The number of hydrogen-bond donors (Lipinski definition) is 0. The van der Waals surface area contributed by atoms with Gasteiger partial charge in [-0.15, -0.1) is 0 Å². The Hall–Kier alpha value is -1.04. The van der Waals surface area contributed by atoms with E-state index in [4.69, 9.17) is 0 Å². The second-order valence-corrected chi connectivity index (χ2v) is 4.69. The van der Waals surface area contributed by atoms with E-state index in [-0.39, 0.29) is 15.9 Å². The number of alkyl halides is 3. The molecule has 0 aromatic heterocycles. The van der Waals surface area contributed by atoms with Gasteiger partial charge in [-0.05, 0) is 24.6 Å². The Balaban J connectivity index is 2.27. The van der Waals surface area contributed by atoms with Crippen LogP contribution in [0.1, 0.15) is 22.3 Å². The maximum Gasteiger partial charge on any atom is 0.417 e. The lowest BCUT2D eigenvalue weighted by Crippen LogP contribution is -2.42. The van der Waals surface area contributed by atoms with Gasteiger partial charge in [0.1, 0.15) is 0 Å². The molecule has 1 saturated heterocycles. The number of hydrogen-bond acceptors (Lipinski definition) is 1. The maximum atomic E-state index is 12.5. The number of nitrogens with zero attached hydrogens (tertiary/aromatic N) is 1. The van der Waals surface area contributed by atoms with Gasteiger partial charge in [-0.1, -0.05) is 15.9 Å². The Bertz CT molecular complexity index is 455. The molecule has 2 nitrogen and oxygen atoms in total. The minimum atomic E-state index is -4.41. The van der Waals surface area contributed by atoms with Crippen LogP contribution in [-0.4, -0.2) is 23.9 Å². The van der Waals surface area contributed by atoms with E-state index >= 15 is 0 Å². The van der Waals surface area contributed by atoms with E-state index in [9.17, 15) is 18.0 Å². The molecule has 1 aromatic rings. The smallest absolute Gasteiger partial charge is 0.339 e. The summed E-state index contributed by atoms with van der Waals surface area (Å²) in [5, 5.41) is 0. The van der Waals surface area contributed by atoms with Gasteiger partial charge in [0.25, 0.3) is 5.91 Å². The first kappa shape index (κ1) is 12.4. The number of amides is 1. The predicted octanol–water partition coefficient (Wildman–Crippen LogP) is 3.31. The average molecular weight is 308 g/mol. The van der Waals surface area contributed by atoms with Crippen LogP contribution in [-0.2, 0) is 6.18 Å². The molecule has 1 aliphatic rings. The minimum Gasteiger partial charge on any atom is -0.339 e. The first-order valence-electron chi connectivity index (χ1n) is 5.05. The Morgan fingerprint density at radius 1 is 1.29 bits per heavy atom. The van der Waals surface area contributed by atoms with E-state index in [2.05, 4.69) is 15.9 Å². The first-order chi connectivity index (χ1) is 7.89. The number of benzene rings is 1. The summed E-state index contributed by atoms with van der Waals surface area (Å²) in [7, 11) is 0. The SMILES string of the molecule is O=C(c1ccc(C(F)(F)F)c(Br)c1)N1CCC1. The van der Waals surface area contributed by atoms with Crippen LogP contribution in [0.3, 0.4) is 0 Å². The van der Waals surface area contributed by atoms with Crippen LogP contribution >= 0.6 is 15.9 Å². The Morgan fingerprint density at radius 3 is 2.35 bits per heavy atom. The average Bonchev–Trinajstić information content (AvgIpc) is 2.12. The van der Waals surface area contributed by atoms with E-state index in [0.29, 0.717) is 13.1 Å². The van der Waals surface area contributed by atoms with Crippen molar-refractivity contribution >= 4 is 21.8 Å². The van der Waals surface area contributed by atoms with Gasteiger partial charge >= 0.3 is 6.18 Å². The maximum absolute atomic E-state index is 12.5. The summed E-state index contributed by atoms with van der Waals surface area (Å²) in [5.74, 6) is -0.217. The van der Waals surface area contributed by atoms with Crippen molar-refractivity contribution in [3.8, 4) is 0 Å². The van der Waals surface area contributed by atoms with Crippen molar-refractivity contribution in [2.45, 2.75) is 12.6 Å². The normalized spacial score (nSPS) is 15.6. The molecule has 1 fully saturated rings. The number of rotatable bonds is 1. The highest BCUT2D eigenvalue weighted by Crippen LogP contribution is 2.35. The zero-order chi connectivity index (χ0) is 12.6. The van der Waals surface area contributed by atoms with Crippen molar-refractivity contribution in [2.75, 3.05) is 13.1 Å². The largest absolute Gasteiger partial charge is 0.417 e. The minimum absolute atomic E-state index is 0.101. The quantitative estimate of drug-likeness (QED) is 0.779. The van der Waals surface area contributed by atoms with Gasteiger partial charge in [0.05, 0.1) is 5.56 Å². The molecule has 0 spiro atoms. The fourth-order valence-corrected chi connectivity index (χ4v) is 2.18. The van der Waals surface area contributed by atoms with Crippen molar-refractivity contribution in [1.82, 2.24) is 4.90 Å². The van der Waals surface area contributed by atoms with Crippen molar-refractivity contribution in [1.29, 1.82) is 0 Å². The molecule has 17 heavy (non-hydrogen) atoms. The molecule has 92 valence electrons. The summed E-state index contributed by atoms with van der Waals surface area (Å²) in [4.78, 5) is 13.4. The molecule has 0 radical (unpaired) electrons. The molecular weight excluding hydrogens is 299 g/mol. The zero-order valence-corrected chi connectivity index (χ0v) is 10.3. The molecule has 0 saturated carbocycles. The number of halogens is 4. The lowest BCUT2D eigenvalue weighted by molar-refractivity contribution is -0.138. The van der Waals surface area contributed by atoms with Crippen molar-refractivity contribution in [3.05, 3.63) is 33.8 Å². The molecule has 6 heteroatoms. The van der Waals surface area contributed by atoms with Crippen molar-refractivity contribution in [3.63, 3.8) is 0 Å². The lowest BCUT2D eigenvalue weighted by atomic mass is 10.1. The molecule has 0 aliphatic carbocycles. The van der Waals surface area contributed by atoms with Crippen LogP contribution in [0.4, 0.5) is 13.2 Å². The first-order valence-corrected chi connectivity index (χ1v) is 5.85. The topological polar surface area (TPSA) is 20.3 Å². The van der Waals surface area contributed by atoms with Crippen LogP contribution in [0.25, 0.3) is 0 Å². The standard InChI is InChI=1S/C11H9BrF3NO/c12-9-6-7(10(17)16-4-1-5-16)2-3-8(9)11(13,14)15/h2-3,6H,1,4-5H2. The van der Waals surface area contributed by atoms with Crippen LogP contribution < -0.4 is 0 Å². The predicted molar refractivity (Wildman–Crippen MR) is 59.7 cm³/mol. The summed E-state index contributed by atoms with van der Waals surface area (Å²) in [6.07, 6.45) is -3.45. The van der Waals surface area contributed by atoms with Gasteiger partial charge in [0, 0.05) is 23.1 Å². The van der Waals surface area contributed by atoms with Gasteiger partial charge in [-0.25, -0.2) is 0 Å². The zero-order valence-electron chi connectivity index (χ0n) is 8.72. The molecule has 1 aliphatic heterocycles. The van der Waals surface area contributed by atoms with Crippen molar-refractivity contribution < 1.29 is 18.0 Å². The van der Waals surface area contributed by atoms with Gasteiger partial charge in [0.2, 0.25) is 0 Å². The monoisotopic (exact) mass is 307 g/mol. The molecule has 0 atom stereocenters. The molecule has 2 rings (SSSR count). The fourth-order valence-electron chi connectivity index (χ4n) is 1.58. The Labute approximate surface area is 105 Å². The molecule has 1 aromatic carbocycles. The fraction of sp³-hybridized carbons (Fsp3) is 0.364. The summed E-state index contributed by atoms with van der Waals surface area (Å²) < 4.78 is 37.4. The molecule has 1 heterocycles. The Morgan fingerprint density at radius 2 is 1.94 bits per heavy atom. The summed E-state index contributed by atoms with van der Waals surface area (Å²) in [6.45, 7) is 1.36. The van der Waals surface area contributed by atoms with Gasteiger partial charge in [-0.2, -0.15) is 13.2 Å². The van der Waals surface area contributed by atoms with Gasteiger partial charge < -0.3 is 4.90 Å². The van der Waals surface area contributed by atoms with Crippen LogP contribution in [0.5, 0.6) is 0 Å². The number of carbonyl (C=O) groups excluding carboxylic acids is 1. The Kier molecular flexibility index (Phi) is 3.16. The highest BCUT2D eigenvalue weighted by molar-refractivity contribution is 9.10. The second kappa shape index (κ2) is 4.33. The molecule has 0 unspecified atom stereocenters. The third-order valence-electron chi connectivity index (χ3n) is 2.66. The van der Waals surface area contributed by atoms with Gasteiger partial charge in [0.15, 0.2) is 0 Å². The van der Waals surface area contributed by atoms with E-state index in [0.717, 1.165) is 12.5 Å². The summed E-state index contributed by atoms with van der Waals surface area (Å²) in [5.41, 5.74) is -0.484. The lowest BCUT2D eigenvalue weighted by Gasteiger charge is -2.31. The molecule has 1 amide bonds. The summed E-state index contributed by atoms with van der Waals surface area (Å²) >= 11 is 2.85. The molecular formula is C11H9BrF3NO. The second-order valence-electron chi connectivity index (χ2n) is 3.84. The molecule has 0 bridgehead atoms. The third-order valence-corrected chi connectivity index (χ3v) is 3.32. The number of carbonyl (C=O) groups is 1. The highest BCUT2D eigenvalue weighted by atomic mass is 79.9. The molecule has 0 N–H and O–H groups in total. The van der Waals surface area contributed by atoms with Crippen LogP contribution in [0.15, 0.2) is 22.7 Å². The van der Waals surface area contributed by atoms with Crippen LogP contribution in [0, 0.1) is 0 Å². The van der Waals surface area contributed by atoms with E-state index in [1.54, 1.807) is 4.90 Å². The third kappa shape index (κ3) is 2.46. The van der Waals surface area contributed by atoms with Gasteiger partial charge in [-0.3, -0.25) is 4.79 Å². The van der Waals surface area contributed by atoms with E-state index in [1.165, 1.54) is 12.1 Å². The summed E-state index contributed by atoms with van der Waals surface area (Å²) in [6, 6.07) is 3.37. The number of likely N-dealkylation sites (tertiary alicyclic amines) is 1. The highest BCUT2D eigenvalue weighted by Gasteiger charge is 2.33.